The molecule has 1 atom stereocenters. The summed E-state index contributed by atoms with van der Waals surface area (Å²) in [5, 5.41) is 2.83. The van der Waals surface area contributed by atoms with E-state index < -0.39 is 20.0 Å². The number of rotatable bonds is 6. The first-order valence-electron chi connectivity index (χ1n) is 7.10. The van der Waals surface area contributed by atoms with Crippen molar-refractivity contribution in [3.63, 3.8) is 0 Å². The van der Waals surface area contributed by atoms with Gasteiger partial charge in [-0.05, 0) is 54.8 Å². The van der Waals surface area contributed by atoms with Gasteiger partial charge in [0, 0.05) is 5.69 Å². The molecule has 0 aliphatic rings. The van der Waals surface area contributed by atoms with Crippen molar-refractivity contribution >= 4 is 13.3 Å². The summed E-state index contributed by atoms with van der Waals surface area (Å²) in [7, 11) is -4.54. The van der Waals surface area contributed by atoms with Crippen molar-refractivity contribution in [1.29, 1.82) is 0 Å². The average Bonchev–Trinajstić information content (AvgIpc) is 2.43. The van der Waals surface area contributed by atoms with Crippen LogP contribution in [-0.2, 0) is 4.57 Å². The van der Waals surface area contributed by atoms with E-state index in [4.69, 9.17) is 0 Å². The quantitative estimate of drug-likeness (QED) is 0.676. The van der Waals surface area contributed by atoms with E-state index >= 15 is 0 Å². The molecule has 0 saturated heterocycles. The van der Waals surface area contributed by atoms with Gasteiger partial charge in [-0.2, -0.15) is 8.78 Å². The second kappa shape index (κ2) is 7.30. The highest BCUT2D eigenvalue weighted by molar-refractivity contribution is 7.52. The predicted octanol–water partition coefficient (Wildman–Crippen LogP) is 4.19. The minimum Gasteiger partial charge on any atom is -0.435 e. The van der Waals surface area contributed by atoms with Crippen LogP contribution in [0, 0.1) is 13.8 Å². The molecule has 0 aliphatic carbocycles. The van der Waals surface area contributed by atoms with Crippen molar-refractivity contribution in [1.82, 2.24) is 0 Å². The lowest BCUT2D eigenvalue weighted by atomic mass is 10.1. The molecule has 3 N–H and O–H groups in total. The zero-order valence-corrected chi connectivity index (χ0v) is 14.0. The largest absolute Gasteiger partial charge is 0.435 e. The highest BCUT2D eigenvalue weighted by Gasteiger charge is 2.30. The molecule has 5 nitrogen and oxygen atoms in total. The molecule has 0 aromatic heterocycles. The summed E-state index contributed by atoms with van der Waals surface area (Å²) in [6.07, 6.45) is 0. The fourth-order valence-corrected chi connectivity index (χ4v) is 3.29. The summed E-state index contributed by atoms with van der Waals surface area (Å²) < 4.78 is 40.4. The van der Waals surface area contributed by atoms with Crippen LogP contribution in [-0.4, -0.2) is 16.4 Å². The lowest BCUT2D eigenvalue weighted by Crippen LogP contribution is -2.12. The molecule has 0 saturated carbocycles. The SMILES string of the molecule is Cc1cc(C)cc(N[C@@H](c2ccc(OC(F)F)cc2)P(=O)(O)O)c1. The molecule has 2 aromatic rings. The minimum absolute atomic E-state index is 0.0791. The number of benzene rings is 2. The zero-order chi connectivity index (χ0) is 17.9. The first kappa shape index (κ1) is 18.4. The van der Waals surface area contributed by atoms with Gasteiger partial charge in [0.05, 0.1) is 0 Å². The first-order valence-corrected chi connectivity index (χ1v) is 8.78. The van der Waals surface area contributed by atoms with Crippen LogP contribution in [0.3, 0.4) is 0 Å². The number of anilines is 1. The van der Waals surface area contributed by atoms with Crippen LogP contribution >= 0.6 is 7.60 Å². The summed E-state index contributed by atoms with van der Waals surface area (Å²) in [5.41, 5.74) is 2.73. The van der Waals surface area contributed by atoms with Crippen molar-refractivity contribution in [2.45, 2.75) is 26.2 Å². The van der Waals surface area contributed by atoms with Crippen molar-refractivity contribution in [3.05, 3.63) is 59.2 Å². The Bertz CT molecular complexity index is 726. The van der Waals surface area contributed by atoms with Crippen molar-refractivity contribution in [2.75, 3.05) is 5.32 Å². The Hall–Kier alpha value is -1.95. The van der Waals surface area contributed by atoms with Gasteiger partial charge in [0.15, 0.2) is 5.78 Å². The van der Waals surface area contributed by atoms with Crippen LogP contribution in [0.25, 0.3) is 0 Å². The topological polar surface area (TPSA) is 78.8 Å². The van der Waals surface area contributed by atoms with Crippen molar-refractivity contribution in [2.24, 2.45) is 0 Å². The third-order valence-electron chi connectivity index (χ3n) is 3.28. The van der Waals surface area contributed by atoms with E-state index in [9.17, 15) is 23.1 Å². The molecule has 8 heteroatoms. The minimum atomic E-state index is -4.54. The molecule has 2 rings (SSSR count). The van der Waals surface area contributed by atoms with Gasteiger partial charge in [-0.1, -0.05) is 18.2 Å². The normalized spacial score (nSPS) is 13.0. The van der Waals surface area contributed by atoms with E-state index in [1.54, 1.807) is 12.1 Å². The first-order chi connectivity index (χ1) is 11.1. The number of hydrogen-bond donors (Lipinski definition) is 3. The predicted molar refractivity (Wildman–Crippen MR) is 87.4 cm³/mol. The van der Waals surface area contributed by atoms with Gasteiger partial charge in [0.25, 0.3) is 0 Å². The molecule has 0 unspecified atom stereocenters. The van der Waals surface area contributed by atoms with Crippen LogP contribution in [0.2, 0.25) is 0 Å². The van der Waals surface area contributed by atoms with E-state index in [1.165, 1.54) is 24.3 Å². The van der Waals surface area contributed by atoms with E-state index in [1.807, 2.05) is 19.9 Å². The molecule has 0 bridgehead atoms. The lowest BCUT2D eigenvalue weighted by Gasteiger charge is -2.22. The molecule has 130 valence electrons. The van der Waals surface area contributed by atoms with E-state index in [0.717, 1.165) is 11.1 Å². The maximum atomic E-state index is 12.2. The summed E-state index contributed by atoms with van der Waals surface area (Å²) in [5.74, 6) is -1.37. The highest BCUT2D eigenvalue weighted by Crippen LogP contribution is 2.51. The molecule has 24 heavy (non-hydrogen) atoms. The Morgan fingerprint density at radius 1 is 1.04 bits per heavy atom. The second-order valence-electron chi connectivity index (χ2n) is 5.46. The van der Waals surface area contributed by atoms with Crippen LogP contribution < -0.4 is 10.1 Å². The summed E-state index contributed by atoms with van der Waals surface area (Å²) in [4.78, 5) is 19.3. The number of aryl methyl sites for hydroxylation is 2. The van der Waals surface area contributed by atoms with Crippen LogP contribution in [0.4, 0.5) is 14.5 Å². The molecule has 0 aliphatic heterocycles. The van der Waals surface area contributed by atoms with Gasteiger partial charge in [-0.25, -0.2) is 0 Å². The fourth-order valence-electron chi connectivity index (χ4n) is 2.41. The molecular formula is C16H18F2NO4P. The standard InChI is InChI=1S/C16H18F2NO4P/c1-10-7-11(2)9-13(8-10)19-15(24(20,21)22)12-3-5-14(6-4-12)23-16(17)18/h3-9,15-16,19H,1-2H3,(H2,20,21,22)/t15-/m1/s1. The lowest BCUT2D eigenvalue weighted by molar-refractivity contribution is -0.0498. The molecule has 0 amide bonds. The van der Waals surface area contributed by atoms with Crippen molar-refractivity contribution in [3.8, 4) is 5.75 Å². The smallest absolute Gasteiger partial charge is 0.387 e. The average molecular weight is 357 g/mol. The maximum Gasteiger partial charge on any atom is 0.387 e. The van der Waals surface area contributed by atoms with Gasteiger partial charge >= 0.3 is 14.2 Å². The monoisotopic (exact) mass is 357 g/mol. The van der Waals surface area contributed by atoms with E-state index in [2.05, 4.69) is 10.1 Å². The number of hydrogen-bond acceptors (Lipinski definition) is 3. The third-order valence-corrected chi connectivity index (χ3v) is 4.38. The van der Waals surface area contributed by atoms with Gasteiger partial charge in [-0.15, -0.1) is 0 Å². The van der Waals surface area contributed by atoms with Crippen LogP contribution in [0.5, 0.6) is 5.75 Å². The van der Waals surface area contributed by atoms with Crippen molar-refractivity contribution < 1.29 is 27.9 Å². The molecule has 0 heterocycles. The Kier molecular flexibility index (Phi) is 5.59. The molecular weight excluding hydrogens is 339 g/mol. The number of ether oxygens (including phenoxy) is 1. The zero-order valence-electron chi connectivity index (χ0n) is 13.1. The third kappa shape index (κ3) is 5.03. The molecule has 0 fully saturated rings. The Morgan fingerprint density at radius 3 is 2.04 bits per heavy atom. The Morgan fingerprint density at radius 2 is 1.58 bits per heavy atom. The summed E-state index contributed by atoms with van der Waals surface area (Å²) >= 11 is 0. The Balaban J connectivity index is 2.30. The highest BCUT2D eigenvalue weighted by atomic mass is 31.2. The van der Waals surface area contributed by atoms with Gasteiger partial charge < -0.3 is 19.8 Å². The van der Waals surface area contributed by atoms with E-state index in [-0.39, 0.29) is 11.3 Å². The van der Waals surface area contributed by atoms with E-state index in [0.29, 0.717) is 5.69 Å². The maximum absolute atomic E-state index is 12.2. The second-order valence-corrected chi connectivity index (χ2v) is 7.15. The van der Waals surface area contributed by atoms with Crippen LogP contribution in [0.15, 0.2) is 42.5 Å². The number of alkyl halides is 2. The summed E-state index contributed by atoms with van der Waals surface area (Å²) in [6, 6.07) is 10.6. The molecule has 2 aromatic carbocycles. The van der Waals surface area contributed by atoms with Gasteiger partial charge in [-0.3, -0.25) is 4.57 Å². The van der Waals surface area contributed by atoms with Gasteiger partial charge in [0.1, 0.15) is 5.75 Å². The summed E-state index contributed by atoms with van der Waals surface area (Å²) in [6.45, 7) is 0.796. The fraction of sp³-hybridized carbons (Fsp3) is 0.250. The molecule has 0 spiro atoms. The molecule has 0 radical (unpaired) electrons. The Labute approximate surface area is 138 Å². The number of nitrogens with one attached hydrogen (secondary N) is 1. The van der Waals surface area contributed by atoms with Gasteiger partial charge in [0.2, 0.25) is 0 Å². The number of halogens is 2. The van der Waals surface area contributed by atoms with Crippen LogP contribution in [0.1, 0.15) is 22.5 Å².